The highest BCUT2D eigenvalue weighted by Crippen LogP contribution is 2.59. The lowest BCUT2D eigenvalue weighted by atomic mass is 9.77. The molecule has 9 heteroatoms. The Kier molecular flexibility index (Phi) is 4.71. The van der Waals surface area contributed by atoms with Gasteiger partial charge in [-0.3, -0.25) is 19.8 Å². The summed E-state index contributed by atoms with van der Waals surface area (Å²) in [6.07, 6.45) is 1.67. The first-order chi connectivity index (χ1) is 14.9. The first-order valence-electron chi connectivity index (χ1n) is 10.2. The van der Waals surface area contributed by atoms with E-state index in [0.717, 1.165) is 18.4 Å². The second kappa shape index (κ2) is 7.20. The lowest BCUT2D eigenvalue weighted by Crippen LogP contribution is -2.55. The van der Waals surface area contributed by atoms with E-state index in [1.165, 1.54) is 0 Å². The molecule has 3 heterocycles. The zero-order valence-electron chi connectivity index (χ0n) is 17.1. The molecule has 3 aliphatic rings. The first-order valence-corrected chi connectivity index (χ1v) is 11.0. The molecule has 0 aliphatic carbocycles. The molecule has 5 rings (SSSR count). The monoisotopic (exact) mass is 487 g/mol. The molecule has 2 saturated heterocycles. The van der Waals surface area contributed by atoms with Crippen LogP contribution in [0.2, 0.25) is 0 Å². The fourth-order valence-electron chi connectivity index (χ4n) is 5.87. The van der Waals surface area contributed by atoms with Gasteiger partial charge in [0.1, 0.15) is 0 Å². The number of ether oxygens (including phenoxy) is 2. The number of nitrogens with zero attached hydrogens (tertiary/aromatic N) is 2. The topological polar surface area (TPSA) is 93.9 Å². The lowest BCUT2D eigenvalue weighted by molar-refractivity contribution is -0.534. The number of carbonyl (C=O) groups excluding carboxylic acids is 1. The molecule has 31 heavy (non-hydrogen) atoms. The van der Waals surface area contributed by atoms with Crippen LogP contribution < -0.4 is 14.8 Å². The van der Waals surface area contributed by atoms with Crippen LogP contribution in [-0.4, -0.2) is 48.6 Å². The third-order valence-electron chi connectivity index (χ3n) is 6.96. The molecule has 1 amide bonds. The second-order valence-electron chi connectivity index (χ2n) is 8.15. The van der Waals surface area contributed by atoms with Crippen LogP contribution in [0, 0.1) is 10.1 Å². The number of anilines is 1. The summed E-state index contributed by atoms with van der Waals surface area (Å²) in [6, 6.07) is 9.61. The largest absolute Gasteiger partial charge is 0.493 e. The molecule has 0 aromatic heterocycles. The molecule has 162 valence electrons. The number of fused-ring (bicyclic) bond motifs is 4. The van der Waals surface area contributed by atoms with Gasteiger partial charge in [0.25, 0.3) is 11.9 Å². The van der Waals surface area contributed by atoms with Crippen LogP contribution >= 0.6 is 15.9 Å². The van der Waals surface area contributed by atoms with Gasteiger partial charge in [0.05, 0.1) is 20.1 Å². The molecule has 8 nitrogen and oxygen atoms in total. The number of carbonyl (C=O) groups is 1. The van der Waals surface area contributed by atoms with E-state index in [0.29, 0.717) is 33.8 Å². The van der Waals surface area contributed by atoms with Crippen LogP contribution in [0.5, 0.6) is 11.5 Å². The second-order valence-corrected chi connectivity index (χ2v) is 9.01. The zero-order valence-corrected chi connectivity index (χ0v) is 18.7. The van der Waals surface area contributed by atoms with Crippen LogP contribution in [0.4, 0.5) is 5.69 Å². The number of benzene rings is 2. The normalized spacial score (nSPS) is 29.0. The van der Waals surface area contributed by atoms with Crippen LogP contribution in [0.3, 0.4) is 0 Å². The summed E-state index contributed by atoms with van der Waals surface area (Å²) in [5.74, 6) is 0.227. The third kappa shape index (κ3) is 2.59. The van der Waals surface area contributed by atoms with E-state index in [-0.39, 0.29) is 16.9 Å². The van der Waals surface area contributed by atoms with E-state index in [2.05, 4.69) is 26.1 Å². The summed E-state index contributed by atoms with van der Waals surface area (Å²) in [5, 5.41) is 15.6. The van der Waals surface area contributed by atoms with Gasteiger partial charge in [0.15, 0.2) is 17.0 Å². The Balaban J connectivity index is 1.76. The van der Waals surface area contributed by atoms with Gasteiger partial charge in [0.2, 0.25) is 0 Å². The van der Waals surface area contributed by atoms with Gasteiger partial charge in [-0.2, -0.15) is 0 Å². The molecule has 1 spiro atoms. The molecular weight excluding hydrogens is 466 g/mol. The summed E-state index contributed by atoms with van der Waals surface area (Å²) in [6.45, 7) is 0.637. The summed E-state index contributed by atoms with van der Waals surface area (Å²) < 4.78 is 11.6. The predicted molar refractivity (Wildman–Crippen MR) is 117 cm³/mol. The van der Waals surface area contributed by atoms with E-state index in [9.17, 15) is 14.9 Å². The van der Waals surface area contributed by atoms with Crippen molar-refractivity contribution in [1.82, 2.24) is 4.90 Å². The van der Waals surface area contributed by atoms with Crippen LogP contribution in [0.1, 0.15) is 29.9 Å². The summed E-state index contributed by atoms with van der Waals surface area (Å²) in [4.78, 5) is 27.9. The Bertz CT molecular complexity index is 1090. The summed E-state index contributed by atoms with van der Waals surface area (Å²) in [7, 11) is 3.09. The van der Waals surface area contributed by atoms with Gasteiger partial charge in [0, 0.05) is 33.2 Å². The minimum absolute atomic E-state index is 0.137. The van der Waals surface area contributed by atoms with Gasteiger partial charge in [-0.1, -0.05) is 34.1 Å². The van der Waals surface area contributed by atoms with Crippen LogP contribution in [-0.2, 0) is 10.3 Å². The number of para-hydroxylation sites is 1. The number of halogens is 1. The third-order valence-corrected chi connectivity index (χ3v) is 7.64. The van der Waals surface area contributed by atoms with Gasteiger partial charge in [-0.25, -0.2) is 0 Å². The average Bonchev–Trinajstić information content (AvgIpc) is 3.41. The maximum Gasteiger partial charge on any atom is 0.256 e. The Hall–Kier alpha value is -2.65. The standard InChI is InChI=1S/C22H22BrN3O5/c1-30-17-10-12(14(23)11-18(17)31-2)19-16-8-5-9-25(16)22(20(19)26(28)29)13-6-3-4-7-15(13)24-21(22)27/h3-4,6-7,10-11,16,19-20H,5,8-9H2,1-2H3,(H,24,27)/t16-,19+,20+,22-/m0/s1. The SMILES string of the molecule is COc1cc(Br)c([C@@H]2[C@@H]3CCCN3[C@]3(C(=O)Nc4ccccc43)[C@@H]2[N+](=O)[O-])cc1OC. The van der Waals surface area contributed by atoms with Crippen molar-refractivity contribution in [2.45, 2.75) is 36.4 Å². The molecule has 4 atom stereocenters. The van der Waals surface area contributed by atoms with Gasteiger partial charge >= 0.3 is 0 Å². The maximum absolute atomic E-state index is 13.5. The van der Waals surface area contributed by atoms with Crippen molar-refractivity contribution >= 4 is 27.5 Å². The van der Waals surface area contributed by atoms with E-state index in [4.69, 9.17) is 9.47 Å². The van der Waals surface area contributed by atoms with Crippen molar-refractivity contribution < 1.29 is 19.2 Å². The molecular formula is C22H22BrN3O5. The molecule has 0 radical (unpaired) electrons. The van der Waals surface area contributed by atoms with Crippen molar-refractivity contribution in [1.29, 1.82) is 0 Å². The van der Waals surface area contributed by atoms with Crippen molar-refractivity contribution in [3.8, 4) is 11.5 Å². The number of rotatable bonds is 4. The number of nitrogens with one attached hydrogen (secondary N) is 1. The van der Waals surface area contributed by atoms with E-state index < -0.39 is 17.5 Å². The van der Waals surface area contributed by atoms with Crippen molar-refractivity contribution in [3.63, 3.8) is 0 Å². The summed E-state index contributed by atoms with van der Waals surface area (Å²) in [5.41, 5.74) is 0.758. The van der Waals surface area contributed by atoms with Crippen LogP contribution in [0.25, 0.3) is 0 Å². The smallest absolute Gasteiger partial charge is 0.256 e. The zero-order chi connectivity index (χ0) is 21.9. The maximum atomic E-state index is 13.5. The highest BCUT2D eigenvalue weighted by Gasteiger charge is 2.73. The molecule has 2 fully saturated rings. The minimum atomic E-state index is -1.33. The van der Waals surface area contributed by atoms with Crippen molar-refractivity contribution in [2.75, 3.05) is 26.1 Å². The van der Waals surface area contributed by atoms with E-state index in [1.807, 2.05) is 24.3 Å². The molecule has 3 aliphatic heterocycles. The Morgan fingerprint density at radius 1 is 1.23 bits per heavy atom. The van der Waals surface area contributed by atoms with E-state index >= 15 is 0 Å². The first kappa shape index (κ1) is 20.3. The van der Waals surface area contributed by atoms with Crippen LogP contribution in [0.15, 0.2) is 40.9 Å². The highest BCUT2D eigenvalue weighted by atomic mass is 79.9. The molecule has 0 unspecified atom stereocenters. The number of methoxy groups -OCH3 is 2. The molecule has 2 aromatic rings. The molecule has 1 N–H and O–H groups in total. The molecule has 0 saturated carbocycles. The Morgan fingerprint density at radius 3 is 2.65 bits per heavy atom. The quantitative estimate of drug-likeness (QED) is 0.523. The lowest BCUT2D eigenvalue weighted by Gasteiger charge is -2.32. The van der Waals surface area contributed by atoms with Gasteiger partial charge < -0.3 is 14.8 Å². The molecule has 0 bridgehead atoms. The highest BCUT2D eigenvalue weighted by molar-refractivity contribution is 9.10. The summed E-state index contributed by atoms with van der Waals surface area (Å²) >= 11 is 3.60. The van der Waals surface area contributed by atoms with Crippen molar-refractivity contribution in [3.05, 3.63) is 62.1 Å². The number of amides is 1. The Labute approximate surface area is 187 Å². The van der Waals surface area contributed by atoms with Crippen molar-refractivity contribution in [2.24, 2.45) is 0 Å². The number of hydrogen-bond acceptors (Lipinski definition) is 6. The Morgan fingerprint density at radius 2 is 1.94 bits per heavy atom. The van der Waals surface area contributed by atoms with E-state index in [1.54, 1.807) is 26.4 Å². The van der Waals surface area contributed by atoms with Gasteiger partial charge in [-0.05, 0) is 36.6 Å². The number of hydrogen-bond donors (Lipinski definition) is 1. The predicted octanol–water partition coefficient (Wildman–Crippen LogP) is 3.52. The number of nitro groups is 1. The van der Waals surface area contributed by atoms with Gasteiger partial charge in [-0.15, -0.1) is 0 Å². The molecule has 2 aromatic carbocycles. The fourth-order valence-corrected chi connectivity index (χ4v) is 6.46. The minimum Gasteiger partial charge on any atom is -0.493 e. The fraction of sp³-hybridized carbons (Fsp3) is 0.409. The average molecular weight is 488 g/mol.